The summed E-state index contributed by atoms with van der Waals surface area (Å²) in [5.74, 6) is -1.71. The van der Waals surface area contributed by atoms with Gasteiger partial charge in [-0.2, -0.15) is 0 Å². The standard InChI is InChI=1S/C17H11Cl2N3O6/c18-11-2-1-9(5-12(11)19)21-17(24)10(16(23)20-21)3-8-4-14-15(28-7-27-14)6-13(8)22(25)26/h1-2,4-6,10H,3,7H2,(H,20,23)/t10-/m1/s1. The summed E-state index contributed by atoms with van der Waals surface area (Å²) in [7, 11) is 0. The number of rotatable bonds is 4. The lowest BCUT2D eigenvalue weighted by molar-refractivity contribution is -0.385. The third-order valence-electron chi connectivity index (χ3n) is 4.41. The van der Waals surface area contributed by atoms with Crippen LogP contribution < -0.4 is 19.9 Å². The smallest absolute Gasteiger partial charge is 0.276 e. The molecule has 144 valence electrons. The molecule has 4 rings (SSSR count). The van der Waals surface area contributed by atoms with Gasteiger partial charge >= 0.3 is 0 Å². The van der Waals surface area contributed by atoms with E-state index in [0.717, 1.165) is 5.01 Å². The van der Waals surface area contributed by atoms with Crippen molar-refractivity contribution in [1.29, 1.82) is 0 Å². The fraction of sp³-hybridized carbons (Fsp3) is 0.176. The van der Waals surface area contributed by atoms with Gasteiger partial charge in [-0.15, -0.1) is 0 Å². The molecule has 9 nitrogen and oxygen atoms in total. The number of ether oxygens (including phenoxy) is 2. The van der Waals surface area contributed by atoms with Crippen LogP contribution in [0, 0.1) is 16.0 Å². The average molecular weight is 424 g/mol. The number of nitrogens with zero attached hydrogens (tertiary/aromatic N) is 2. The monoisotopic (exact) mass is 423 g/mol. The zero-order valence-electron chi connectivity index (χ0n) is 14.0. The first-order chi connectivity index (χ1) is 13.3. The van der Waals surface area contributed by atoms with Crippen molar-refractivity contribution in [2.75, 3.05) is 11.8 Å². The lowest BCUT2D eigenvalue weighted by Crippen LogP contribution is -2.35. The molecule has 0 aliphatic carbocycles. The number of nitro groups is 1. The first-order valence-corrected chi connectivity index (χ1v) is 8.77. The highest BCUT2D eigenvalue weighted by Crippen LogP contribution is 2.39. The molecule has 2 amide bonds. The zero-order valence-corrected chi connectivity index (χ0v) is 15.5. The molecule has 0 spiro atoms. The van der Waals surface area contributed by atoms with Crippen molar-refractivity contribution in [1.82, 2.24) is 5.43 Å². The van der Waals surface area contributed by atoms with Crippen molar-refractivity contribution in [2.45, 2.75) is 6.42 Å². The van der Waals surface area contributed by atoms with Crippen LogP contribution in [0.2, 0.25) is 10.0 Å². The minimum atomic E-state index is -1.14. The Morgan fingerprint density at radius 2 is 1.86 bits per heavy atom. The van der Waals surface area contributed by atoms with E-state index in [4.69, 9.17) is 32.7 Å². The summed E-state index contributed by atoms with van der Waals surface area (Å²) in [5.41, 5.74) is 2.73. The summed E-state index contributed by atoms with van der Waals surface area (Å²) < 4.78 is 10.4. The number of nitro benzene ring substituents is 1. The molecule has 1 N–H and O–H groups in total. The van der Waals surface area contributed by atoms with Gasteiger partial charge in [0.15, 0.2) is 11.5 Å². The predicted octanol–water partition coefficient (Wildman–Crippen LogP) is 2.87. The normalized spacial score (nSPS) is 17.8. The van der Waals surface area contributed by atoms with Crippen LogP contribution in [-0.4, -0.2) is 23.5 Å². The molecule has 2 aromatic rings. The van der Waals surface area contributed by atoms with E-state index in [1.165, 1.54) is 30.3 Å². The number of anilines is 1. The van der Waals surface area contributed by atoms with Gasteiger partial charge < -0.3 is 9.47 Å². The van der Waals surface area contributed by atoms with Gasteiger partial charge in [0.05, 0.1) is 26.7 Å². The third kappa shape index (κ3) is 3.08. The summed E-state index contributed by atoms with van der Waals surface area (Å²) in [4.78, 5) is 36.0. The Balaban J connectivity index is 1.64. The Hall–Kier alpha value is -3.04. The van der Waals surface area contributed by atoms with Crippen molar-refractivity contribution in [2.24, 2.45) is 5.92 Å². The van der Waals surface area contributed by atoms with Gasteiger partial charge in [0.25, 0.3) is 17.5 Å². The number of benzene rings is 2. The molecule has 1 fully saturated rings. The molecular weight excluding hydrogens is 413 g/mol. The van der Waals surface area contributed by atoms with Gasteiger partial charge in [-0.05, 0) is 30.7 Å². The van der Waals surface area contributed by atoms with E-state index >= 15 is 0 Å². The van der Waals surface area contributed by atoms with Crippen molar-refractivity contribution < 1.29 is 24.0 Å². The lowest BCUT2D eigenvalue weighted by atomic mass is 9.97. The van der Waals surface area contributed by atoms with Crippen LogP contribution in [0.5, 0.6) is 11.5 Å². The average Bonchev–Trinajstić information content (AvgIpc) is 3.22. The second-order valence-corrected chi connectivity index (χ2v) is 6.91. The third-order valence-corrected chi connectivity index (χ3v) is 5.15. The minimum absolute atomic E-state index is 0.0517. The van der Waals surface area contributed by atoms with Crippen LogP contribution in [-0.2, 0) is 16.0 Å². The quantitative estimate of drug-likeness (QED) is 0.459. The van der Waals surface area contributed by atoms with Gasteiger partial charge in [-0.1, -0.05) is 23.2 Å². The first-order valence-electron chi connectivity index (χ1n) is 8.01. The molecule has 2 aliphatic rings. The highest BCUT2D eigenvalue weighted by molar-refractivity contribution is 6.42. The number of nitrogens with one attached hydrogen (secondary N) is 1. The van der Waals surface area contributed by atoms with Crippen molar-refractivity contribution in [3.63, 3.8) is 0 Å². The number of carbonyl (C=O) groups is 2. The molecule has 2 aromatic carbocycles. The van der Waals surface area contributed by atoms with Crippen LogP contribution in [0.1, 0.15) is 5.56 Å². The highest BCUT2D eigenvalue weighted by atomic mass is 35.5. The Morgan fingerprint density at radius 3 is 2.54 bits per heavy atom. The van der Waals surface area contributed by atoms with Gasteiger partial charge in [0.1, 0.15) is 5.92 Å². The van der Waals surface area contributed by atoms with Gasteiger partial charge in [0.2, 0.25) is 6.79 Å². The molecule has 1 saturated heterocycles. The Labute approximate surface area is 167 Å². The molecule has 0 bridgehead atoms. The maximum absolute atomic E-state index is 12.8. The molecule has 2 aliphatic heterocycles. The van der Waals surface area contributed by atoms with Gasteiger partial charge in [-0.25, -0.2) is 5.01 Å². The number of halogens is 2. The van der Waals surface area contributed by atoms with E-state index in [9.17, 15) is 19.7 Å². The van der Waals surface area contributed by atoms with Gasteiger partial charge in [0, 0.05) is 5.56 Å². The van der Waals surface area contributed by atoms with E-state index in [2.05, 4.69) is 5.43 Å². The van der Waals surface area contributed by atoms with E-state index in [0.29, 0.717) is 16.5 Å². The Kier molecular flexibility index (Phi) is 4.48. The topological polar surface area (TPSA) is 111 Å². The molecule has 0 radical (unpaired) electrons. The van der Waals surface area contributed by atoms with Crippen molar-refractivity contribution in [3.8, 4) is 11.5 Å². The second-order valence-electron chi connectivity index (χ2n) is 6.10. The molecule has 0 saturated carbocycles. The fourth-order valence-electron chi connectivity index (χ4n) is 3.03. The molecule has 2 heterocycles. The number of hydrogen-bond acceptors (Lipinski definition) is 6. The van der Waals surface area contributed by atoms with E-state index < -0.39 is 22.7 Å². The van der Waals surface area contributed by atoms with Crippen LogP contribution >= 0.6 is 23.2 Å². The maximum Gasteiger partial charge on any atom is 0.276 e. The summed E-state index contributed by atoms with van der Waals surface area (Å²) in [6, 6.07) is 7.11. The zero-order chi connectivity index (χ0) is 20.0. The summed E-state index contributed by atoms with van der Waals surface area (Å²) >= 11 is 11.8. The molecule has 28 heavy (non-hydrogen) atoms. The Bertz CT molecular complexity index is 1030. The lowest BCUT2D eigenvalue weighted by Gasteiger charge is -2.16. The van der Waals surface area contributed by atoms with Gasteiger partial charge in [-0.3, -0.25) is 25.1 Å². The number of carbonyl (C=O) groups excluding carboxylic acids is 2. The maximum atomic E-state index is 12.8. The molecule has 11 heteroatoms. The van der Waals surface area contributed by atoms with Crippen LogP contribution in [0.3, 0.4) is 0 Å². The van der Waals surface area contributed by atoms with E-state index in [-0.39, 0.29) is 35.2 Å². The molecule has 0 aromatic heterocycles. The van der Waals surface area contributed by atoms with E-state index in [1.807, 2.05) is 0 Å². The van der Waals surface area contributed by atoms with Crippen LogP contribution in [0.15, 0.2) is 30.3 Å². The summed E-state index contributed by atoms with van der Waals surface area (Å²) in [5, 5.41) is 13.0. The van der Waals surface area contributed by atoms with Crippen LogP contribution in [0.25, 0.3) is 0 Å². The summed E-state index contributed by atoms with van der Waals surface area (Å²) in [6.07, 6.45) is -0.171. The minimum Gasteiger partial charge on any atom is -0.454 e. The van der Waals surface area contributed by atoms with Crippen LogP contribution in [0.4, 0.5) is 11.4 Å². The number of hydrazine groups is 1. The number of amides is 2. The Morgan fingerprint density at radius 1 is 1.14 bits per heavy atom. The molecule has 1 atom stereocenters. The second kappa shape index (κ2) is 6.84. The molecular formula is C17H11Cl2N3O6. The largest absolute Gasteiger partial charge is 0.454 e. The highest BCUT2D eigenvalue weighted by Gasteiger charge is 2.41. The number of hydrogen-bond donors (Lipinski definition) is 1. The fourth-order valence-corrected chi connectivity index (χ4v) is 3.33. The SMILES string of the molecule is O=C1NN(c2ccc(Cl)c(Cl)c2)C(=O)[C@@H]1Cc1cc2c(cc1[N+](=O)[O-])OCO2. The molecule has 0 unspecified atom stereocenters. The number of fused-ring (bicyclic) bond motifs is 1. The van der Waals surface area contributed by atoms with Crippen molar-refractivity contribution >= 4 is 46.4 Å². The van der Waals surface area contributed by atoms with E-state index in [1.54, 1.807) is 0 Å². The first kappa shape index (κ1) is 18.3. The summed E-state index contributed by atoms with van der Waals surface area (Å²) in [6.45, 7) is -0.0517. The van der Waals surface area contributed by atoms with Crippen molar-refractivity contribution in [3.05, 3.63) is 56.1 Å². The predicted molar refractivity (Wildman–Crippen MR) is 98.5 cm³/mol.